The summed E-state index contributed by atoms with van der Waals surface area (Å²) < 4.78 is 2.74. The Labute approximate surface area is 124 Å². The molecule has 0 aromatic carbocycles. The van der Waals surface area contributed by atoms with Crippen molar-refractivity contribution in [2.45, 2.75) is 32.2 Å². The molecule has 2 aromatic rings. The standard InChI is InChI=1S/C11H14ClIN4O/c1-2-3-7(4-5-18)17-6-14-8-9(13)15-11(12)16-10(8)17/h6-7,18H,2-5H2,1H3/t7-/m0/s1. The molecule has 0 amide bonds. The van der Waals surface area contributed by atoms with E-state index in [0.29, 0.717) is 6.42 Å². The van der Waals surface area contributed by atoms with Crippen LogP contribution in [0.5, 0.6) is 0 Å². The highest BCUT2D eigenvalue weighted by Crippen LogP contribution is 2.25. The second-order valence-corrected chi connectivity index (χ2v) is 5.42. The van der Waals surface area contributed by atoms with E-state index in [1.165, 1.54) is 0 Å². The van der Waals surface area contributed by atoms with Gasteiger partial charge in [0, 0.05) is 12.6 Å². The third-order valence-electron chi connectivity index (χ3n) is 2.83. The molecule has 5 nitrogen and oxygen atoms in total. The number of hydrogen-bond donors (Lipinski definition) is 1. The van der Waals surface area contributed by atoms with Crippen LogP contribution in [0.25, 0.3) is 11.2 Å². The molecule has 0 spiro atoms. The lowest BCUT2D eigenvalue weighted by Gasteiger charge is -2.17. The van der Waals surface area contributed by atoms with Gasteiger partial charge in [0.25, 0.3) is 0 Å². The number of imidazole rings is 1. The Morgan fingerprint density at radius 1 is 1.44 bits per heavy atom. The van der Waals surface area contributed by atoms with Gasteiger partial charge in [-0.05, 0) is 47.0 Å². The third-order valence-corrected chi connectivity index (χ3v) is 3.75. The predicted octanol–water partition coefficient (Wildman–Crippen LogP) is 2.81. The van der Waals surface area contributed by atoms with Crippen molar-refractivity contribution in [1.29, 1.82) is 0 Å². The Balaban J connectivity index is 2.49. The molecular formula is C11H14ClIN4O. The zero-order valence-electron chi connectivity index (χ0n) is 9.98. The van der Waals surface area contributed by atoms with Gasteiger partial charge in [-0.25, -0.2) is 9.97 Å². The van der Waals surface area contributed by atoms with Crippen LogP contribution in [-0.4, -0.2) is 31.2 Å². The first-order chi connectivity index (χ1) is 8.67. The van der Waals surface area contributed by atoms with Crippen molar-refractivity contribution in [1.82, 2.24) is 19.5 Å². The molecule has 18 heavy (non-hydrogen) atoms. The van der Waals surface area contributed by atoms with Crippen LogP contribution in [0.1, 0.15) is 32.2 Å². The molecule has 1 N–H and O–H groups in total. The maximum atomic E-state index is 9.15. The Hall–Kier alpha value is -0.470. The van der Waals surface area contributed by atoms with Gasteiger partial charge in [-0.2, -0.15) is 4.98 Å². The Morgan fingerprint density at radius 2 is 2.22 bits per heavy atom. The van der Waals surface area contributed by atoms with Crippen molar-refractivity contribution in [3.8, 4) is 0 Å². The average Bonchev–Trinajstić information content (AvgIpc) is 2.72. The lowest BCUT2D eigenvalue weighted by molar-refractivity contribution is 0.253. The number of hydrogen-bond acceptors (Lipinski definition) is 4. The number of halogens is 2. The van der Waals surface area contributed by atoms with Crippen LogP contribution in [-0.2, 0) is 0 Å². The van der Waals surface area contributed by atoms with E-state index < -0.39 is 0 Å². The van der Waals surface area contributed by atoms with Gasteiger partial charge in [0.05, 0.1) is 6.33 Å². The molecule has 7 heteroatoms. The quantitative estimate of drug-likeness (QED) is 0.492. The molecule has 2 heterocycles. The van der Waals surface area contributed by atoms with Gasteiger partial charge >= 0.3 is 0 Å². The molecule has 0 aliphatic rings. The minimum Gasteiger partial charge on any atom is -0.396 e. The summed E-state index contributed by atoms with van der Waals surface area (Å²) in [5, 5.41) is 9.38. The molecular weight excluding hydrogens is 367 g/mol. The summed E-state index contributed by atoms with van der Waals surface area (Å²) in [6.45, 7) is 2.27. The van der Waals surface area contributed by atoms with E-state index in [1.807, 2.05) is 4.57 Å². The second kappa shape index (κ2) is 6.12. The number of aromatic nitrogens is 4. The number of rotatable bonds is 5. The lowest BCUT2D eigenvalue weighted by atomic mass is 10.1. The third kappa shape index (κ3) is 2.75. The number of fused-ring (bicyclic) bond motifs is 1. The first-order valence-electron chi connectivity index (χ1n) is 5.83. The van der Waals surface area contributed by atoms with E-state index in [4.69, 9.17) is 16.7 Å². The first-order valence-corrected chi connectivity index (χ1v) is 7.29. The van der Waals surface area contributed by atoms with Crippen molar-refractivity contribution in [2.75, 3.05) is 6.61 Å². The van der Waals surface area contributed by atoms with Gasteiger partial charge in [0.2, 0.25) is 5.28 Å². The van der Waals surface area contributed by atoms with E-state index in [0.717, 1.165) is 27.7 Å². The average molecular weight is 381 g/mol. The molecule has 0 radical (unpaired) electrons. The minimum absolute atomic E-state index is 0.153. The maximum absolute atomic E-state index is 9.15. The Bertz CT molecular complexity index is 539. The minimum atomic E-state index is 0.153. The van der Waals surface area contributed by atoms with Gasteiger partial charge in [-0.1, -0.05) is 13.3 Å². The van der Waals surface area contributed by atoms with Gasteiger partial charge < -0.3 is 9.67 Å². The van der Waals surface area contributed by atoms with Crippen LogP contribution >= 0.6 is 34.2 Å². The van der Waals surface area contributed by atoms with Gasteiger partial charge in [0.1, 0.15) is 9.22 Å². The highest BCUT2D eigenvalue weighted by Gasteiger charge is 2.16. The predicted molar refractivity (Wildman–Crippen MR) is 78.7 cm³/mol. The summed E-state index contributed by atoms with van der Waals surface area (Å²) in [6, 6.07) is 0.201. The van der Waals surface area contributed by atoms with Gasteiger partial charge in [-0.3, -0.25) is 0 Å². The van der Waals surface area contributed by atoms with E-state index in [9.17, 15) is 0 Å². The number of nitrogens with zero attached hydrogens (tertiary/aromatic N) is 4. The summed E-state index contributed by atoms with van der Waals surface area (Å²) >= 11 is 8.00. The van der Waals surface area contributed by atoms with Crippen LogP contribution < -0.4 is 0 Å². The summed E-state index contributed by atoms with van der Waals surface area (Å²) in [7, 11) is 0. The van der Waals surface area contributed by atoms with Crippen LogP contribution in [0.15, 0.2) is 6.33 Å². The largest absolute Gasteiger partial charge is 0.396 e. The van der Waals surface area contributed by atoms with E-state index in [1.54, 1.807) is 6.33 Å². The Kier molecular flexibility index (Phi) is 4.74. The highest BCUT2D eigenvalue weighted by atomic mass is 127. The molecule has 0 saturated carbocycles. The molecule has 1 atom stereocenters. The lowest BCUT2D eigenvalue weighted by Crippen LogP contribution is -2.10. The smallest absolute Gasteiger partial charge is 0.225 e. The number of aliphatic hydroxyl groups is 1. The van der Waals surface area contributed by atoms with Crippen molar-refractivity contribution >= 4 is 45.4 Å². The van der Waals surface area contributed by atoms with E-state index >= 15 is 0 Å². The SMILES string of the molecule is CCC[C@@H](CCO)n1cnc2c(I)nc(Cl)nc21. The molecule has 0 fully saturated rings. The molecule has 0 unspecified atom stereocenters. The molecule has 98 valence electrons. The molecule has 2 aromatic heterocycles. The van der Waals surface area contributed by atoms with Crippen LogP contribution in [0.4, 0.5) is 0 Å². The highest BCUT2D eigenvalue weighted by molar-refractivity contribution is 14.1. The summed E-state index contributed by atoms with van der Waals surface area (Å²) in [4.78, 5) is 12.7. The molecule has 0 bridgehead atoms. The van der Waals surface area contributed by atoms with Gasteiger partial charge in [0.15, 0.2) is 5.65 Å². The van der Waals surface area contributed by atoms with E-state index in [-0.39, 0.29) is 17.9 Å². The fourth-order valence-electron chi connectivity index (χ4n) is 2.03. The molecule has 0 aliphatic carbocycles. The topological polar surface area (TPSA) is 63.8 Å². The maximum Gasteiger partial charge on any atom is 0.225 e. The summed E-state index contributed by atoms with van der Waals surface area (Å²) in [5.41, 5.74) is 1.50. The first kappa shape index (κ1) is 14.0. The van der Waals surface area contributed by atoms with Crippen LogP contribution in [0.2, 0.25) is 5.28 Å². The summed E-state index contributed by atoms with van der Waals surface area (Å²) in [6.07, 6.45) is 4.47. The van der Waals surface area contributed by atoms with Crippen molar-refractivity contribution in [2.24, 2.45) is 0 Å². The van der Waals surface area contributed by atoms with Crippen molar-refractivity contribution in [3.05, 3.63) is 15.3 Å². The van der Waals surface area contributed by atoms with Crippen molar-refractivity contribution < 1.29 is 5.11 Å². The summed E-state index contributed by atoms with van der Waals surface area (Å²) in [5.74, 6) is 0. The fraction of sp³-hybridized carbons (Fsp3) is 0.545. The van der Waals surface area contributed by atoms with Crippen LogP contribution in [0.3, 0.4) is 0 Å². The van der Waals surface area contributed by atoms with Crippen LogP contribution in [0, 0.1) is 3.70 Å². The fourth-order valence-corrected chi connectivity index (χ4v) is 2.95. The molecule has 2 rings (SSSR count). The zero-order chi connectivity index (χ0) is 13.1. The zero-order valence-corrected chi connectivity index (χ0v) is 12.9. The molecule has 0 saturated heterocycles. The Morgan fingerprint density at radius 3 is 2.89 bits per heavy atom. The molecule has 0 aliphatic heterocycles. The monoisotopic (exact) mass is 380 g/mol. The van der Waals surface area contributed by atoms with Crippen molar-refractivity contribution in [3.63, 3.8) is 0 Å². The van der Waals surface area contributed by atoms with Gasteiger partial charge in [-0.15, -0.1) is 0 Å². The second-order valence-electron chi connectivity index (χ2n) is 4.06. The number of aliphatic hydroxyl groups excluding tert-OH is 1. The normalized spacial score (nSPS) is 13.1. The van der Waals surface area contributed by atoms with E-state index in [2.05, 4.69) is 44.5 Å².